The maximum atomic E-state index is 13.4. The molecule has 2 aliphatic rings. The van der Waals surface area contributed by atoms with E-state index in [1.54, 1.807) is 0 Å². The second kappa shape index (κ2) is 10.2. The van der Waals surface area contributed by atoms with Crippen molar-refractivity contribution in [1.82, 2.24) is 9.80 Å². The van der Waals surface area contributed by atoms with E-state index in [2.05, 4.69) is 36.1 Å². The lowest BCUT2D eigenvalue weighted by Crippen LogP contribution is -2.41. The van der Waals surface area contributed by atoms with Crippen molar-refractivity contribution in [2.45, 2.75) is 52.5 Å². The fourth-order valence-corrected chi connectivity index (χ4v) is 4.80. The predicted molar refractivity (Wildman–Crippen MR) is 131 cm³/mol. The smallest absolute Gasteiger partial charge is 0.278 e. The SMILES string of the molecule is CCCOc1ccc(C2=C(N3CCC(Cc4ccccc4)CC3)C(=O)N(C(C)C)C2=O)cc1. The van der Waals surface area contributed by atoms with Crippen LogP contribution in [0.3, 0.4) is 0 Å². The Bertz CT molecular complexity index is 1000. The van der Waals surface area contributed by atoms with E-state index in [-0.39, 0.29) is 17.9 Å². The largest absolute Gasteiger partial charge is 0.494 e. The Hall–Kier alpha value is -3.08. The van der Waals surface area contributed by atoms with Gasteiger partial charge in [-0.15, -0.1) is 0 Å². The molecule has 174 valence electrons. The van der Waals surface area contributed by atoms with Gasteiger partial charge < -0.3 is 9.64 Å². The lowest BCUT2D eigenvalue weighted by molar-refractivity contribution is -0.139. The standard InChI is InChI=1S/C28H34N2O3/c1-4-18-33-24-12-10-23(11-13-24)25-26(28(32)30(20(2)3)27(25)31)29-16-14-22(15-17-29)19-21-8-6-5-7-9-21/h5-13,20,22H,4,14-19H2,1-3H3. The van der Waals surface area contributed by atoms with Gasteiger partial charge >= 0.3 is 0 Å². The van der Waals surface area contributed by atoms with Crippen molar-refractivity contribution < 1.29 is 14.3 Å². The van der Waals surface area contributed by atoms with Crippen LogP contribution < -0.4 is 4.74 Å². The Morgan fingerprint density at radius 1 is 0.939 bits per heavy atom. The summed E-state index contributed by atoms with van der Waals surface area (Å²) >= 11 is 0. The number of rotatable bonds is 8. The molecule has 0 N–H and O–H groups in total. The van der Waals surface area contributed by atoms with Crippen LogP contribution in [0, 0.1) is 5.92 Å². The van der Waals surface area contributed by atoms with Gasteiger partial charge in [0.05, 0.1) is 12.2 Å². The van der Waals surface area contributed by atoms with E-state index < -0.39 is 0 Å². The molecule has 33 heavy (non-hydrogen) atoms. The molecule has 2 amide bonds. The number of piperidine rings is 1. The summed E-state index contributed by atoms with van der Waals surface area (Å²) in [5.74, 6) is 1.01. The molecule has 0 aliphatic carbocycles. The number of carbonyl (C=O) groups excluding carboxylic acids is 2. The average Bonchev–Trinajstić information content (AvgIpc) is 3.09. The lowest BCUT2D eigenvalue weighted by atomic mass is 9.89. The molecule has 5 nitrogen and oxygen atoms in total. The topological polar surface area (TPSA) is 49.9 Å². The van der Waals surface area contributed by atoms with Crippen molar-refractivity contribution in [3.8, 4) is 5.75 Å². The molecule has 4 rings (SSSR count). The number of likely N-dealkylation sites (tertiary alicyclic amines) is 1. The van der Waals surface area contributed by atoms with Crippen molar-refractivity contribution >= 4 is 17.4 Å². The van der Waals surface area contributed by atoms with Crippen LogP contribution in [0.25, 0.3) is 5.57 Å². The second-order valence-electron chi connectivity index (χ2n) is 9.29. The van der Waals surface area contributed by atoms with Gasteiger partial charge in [-0.3, -0.25) is 14.5 Å². The summed E-state index contributed by atoms with van der Waals surface area (Å²) in [5.41, 5.74) is 3.23. The summed E-state index contributed by atoms with van der Waals surface area (Å²) in [6.07, 6.45) is 4.02. The summed E-state index contributed by atoms with van der Waals surface area (Å²) in [6.45, 7) is 8.09. The van der Waals surface area contributed by atoms with E-state index in [4.69, 9.17) is 4.74 Å². The third-order valence-corrected chi connectivity index (χ3v) is 6.52. The molecule has 2 aromatic carbocycles. The van der Waals surface area contributed by atoms with Gasteiger partial charge in [0.1, 0.15) is 11.4 Å². The number of amides is 2. The predicted octanol–water partition coefficient (Wildman–Crippen LogP) is 4.92. The minimum absolute atomic E-state index is 0.169. The molecule has 0 bridgehead atoms. The van der Waals surface area contributed by atoms with Crippen LogP contribution in [0.1, 0.15) is 51.2 Å². The van der Waals surface area contributed by atoms with Gasteiger partial charge in [0.25, 0.3) is 11.8 Å². The van der Waals surface area contributed by atoms with Gasteiger partial charge in [-0.25, -0.2) is 0 Å². The van der Waals surface area contributed by atoms with Crippen LogP contribution >= 0.6 is 0 Å². The number of imide groups is 1. The van der Waals surface area contributed by atoms with Crippen molar-refractivity contribution in [3.63, 3.8) is 0 Å². The molecule has 0 unspecified atom stereocenters. The molecule has 0 radical (unpaired) electrons. The summed E-state index contributed by atoms with van der Waals surface area (Å²) in [7, 11) is 0. The van der Waals surface area contributed by atoms with E-state index in [9.17, 15) is 9.59 Å². The highest BCUT2D eigenvalue weighted by Gasteiger charge is 2.43. The molecular weight excluding hydrogens is 412 g/mol. The van der Waals surface area contributed by atoms with Crippen LogP contribution in [0.5, 0.6) is 5.75 Å². The molecule has 0 atom stereocenters. The maximum Gasteiger partial charge on any atom is 0.278 e. The molecule has 0 saturated carbocycles. The van der Waals surface area contributed by atoms with Crippen molar-refractivity contribution in [1.29, 1.82) is 0 Å². The van der Waals surface area contributed by atoms with Crippen LogP contribution in [0.15, 0.2) is 60.3 Å². The molecular formula is C28H34N2O3. The first-order valence-electron chi connectivity index (χ1n) is 12.1. The normalized spacial score (nSPS) is 17.5. The zero-order valence-corrected chi connectivity index (χ0v) is 19.9. The number of nitrogens with zero attached hydrogens (tertiary/aromatic N) is 2. The molecule has 5 heteroatoms. The summed E-state index contributed by atoms with van der Waals surface area (Å²) < 4.78 is 5.70. The Morgan fingerprint density at radius 2 is 1.61 bits per heavy atom. The third kappa shape index (κ3) is 4.97. The number of ether oxygens (including phenoxy) is 1. The maximum absolute atomic E-state index is 13.4. The van der Waals surface area contributed by atoms with Gasteiger partial charge in [-0.1, -0.05) is 49.4 Å². The van der Waals surface area contributed by atoms with Crippen molar-refractivity contribution in [3.05, 3.63) is 71.4 Å². The van der Waals surface area contributed by atoms with Gasteiger partial charge in [0, 0.05) is 19.1 Å². The summed E-state index contributed by atoms with van der Waals surface area (Å²) in [6, 6.07) is 18.0. The van der Waals surface area contributed by atoms with E-state index in [1.807, 2.05) is 44.2 Å². The highest BCUT2D eigenvalue weighted by atomic mass is 16.5. The number of carbonyl (C=O) groups is 2. The van der Waals surface area contributed by atoms with E-state index in [1.165, 1.54) is 10.5 Å². The van der Waals surface area contributed by atoms with Crippen LogP contribution in [0.4, 0.5) is 0 Å². The molecule has 0 spiro atoms. The van der Waals surface area contributed by atoms with Crippen LogP contribution in [-0.2, 0) is 16.0 Å². The van der Waals surface area contributed by atoms with Gasteiger partial charge in [-0.05, 0) is 68.7 Å². The zero-order valence-electron chi connectivity index (χ0n) is 19.9. The summed E-state index contributed by atoms with van der Waals surface area (Å²) in [4.78, 5) is 30.3. The molecule has 0 aromatic heterocycles. The molecule has 1 fully saturated rings. The Morgan fingerprint density at radius 3 is 2.21 bits per heavy atom. The third-order valence-electron chi connectivity index (χ3n) is 6.52. The van der Waals surface area contributed by atoms with E-state index in [0.717, 1.165) is 50.1 Å². The molecule has 1 saturated heterocycles. The minimum atomic E-state index is -0.196. The Balaban J connectivity index is 1.56. The Labute approximate surface area is 197 Å². The number of hydrogen-bond donors (Lipinski definition) is 0. The molecule has 2 heterocycles. The highest BCUT2D eigenvalue weighted by Crippen LogP contribution is 2.35. The van der Waals surface area contributed by atoms with E-state index >= 15 is 0 Å². The van der Waals surface area contributed by atoms with Crippen molar-refractivity contribution in [2.75, 3.05) is 19.7 Å². The Kier molecular flexibility index (Phi) is 7.17. The zero-order chi connectivity index (χ0) is 23.4. The van der Waals surface area contributed by atoms with Gasteiger partial charge in [0.15, 0.2) is 0 Å². The summed E-state index contributed by atoms with van der Waals surface area (Å²) in [5, 5.41) is 0. The minimum Gasteiger partial charge on any atom is -0.494 e. The molecule has 2 aliphatic heterocycles. The number of hydrogen-bond acceptors (Lipinski definition) is 4. The quantitative estimate of drug-likeness (QED) is 0.540. The first-order chi connectivity index (χ1) is 16.0. The van der Waals surface area contributed by atoms with Crippen LogP contribution in [-0.4, -0.2) is 47.4 Å². The first-order valence-corrected chi connectivity index (χ1v) is 12.1. The van der Waals surface area contributed by atoms with Crippen molar-refractivity contribution in [2.24, 2.45) is 5.92 Å². The number of benzene rings is 2. The molecule has 2 aromatic rings. The fraction of sp³-hybridized carbons (Fsp3) is 0.429. The van der Waals surface area contributed by atoms with Gasteiger partial charge in [0.2, 0.25) is 0 Å². The van der Waals surface area contributed by atoms with Crippen LogP contribution in [0.2, 0.25) is 0 Å². The van der Waals surface area contributed by atoms with Gasteiger partial charge in [-0.2, -0.15) is 0 Å². The lowest BCUT2D eigenvalue weighted by Gasteiger charge is -2.34. The van der Waals surface area contributed by atoms with E-state index in [0.29, 0.717) is 23.8 Å². The monoisotopic (exact) mass is 446 g/mol. The average molecular weight is 447 g/mol. The fourth-order valence-electron chi connectivity index (χ4n) is 4.80. The second-order valence-corrected chi connectivity index (χ2v) is 9.29. The first kappa shape index (κ1) is 23.1. The highest BCUT2D eigenvalue weighted by molar-refractivity contribution is 6.35.